The minimum absolute atomic E-state index is 0.0142. The van der Waals surface area contributed by atoms with Gasteiger partial charge in [0.25, 0.3) is 5.91 Å². The van der Waals surface area contributed by atoms with Crippen LogP contribution in [0.4, 0.5) is 15.8 Å². The summed E-state index contributed by atoms with van der Waals surface area (Å²) in [5.74, 6) is 0.271. The van der Waals surface area contributed by atoms with E-state index in [4.69, 9.17) is 9.47 Å². The molecule has 9 nitrogen and oxygen atoms in total. The molecule has 10 heteroatoms. The van der Waals surface area contributed by atoms with Crippen LogP contribution >= 0.6 is 0 Å². The van der Waals surface area contributed by atoms with Crippen molar-refractivity contribution in [2.24, 2.45) is 5.92 Å². The Balaban J connectivity index is 1.49. The molecule has 2 amide bonds. The minimum atomic E-state index is -0.510. The molecule has 6 rings (SSSR count). The summed E-state index contributed by atoms with van der Waals surface area (Å²) in [5.41, 5.74) is 3.56. The average Bonchev–Trinajstić information content (AvgIpc) is 3.33. The summed E-state index contributed by atoms with van der Waals surface area (Å²) in [5, 5.41) is 6.31. The van der Waals surface area contributed by atoms with Crippen LogP contribution in [0.15, 0.2) is 36.7 Å². The number of anilines is 2. The molecule has 1 saturated heterocycles. The third-order valence-electron chi connectivity index (χ3n) is 7.95. The first-order valence-corrected chi connectivity index (χ1v) is 13.5. The van der Waals surface area contributed by atoms with Crippen LogP contribution in [0.5, 0.6) is 11.5 Å². The molecule has 3 aromatic rings. The van der Waals surface area contributed by atoms with Crippen LogP contribution < -0.4 is 20.1 Å². The van der Waals surface area contributed by atoms with E-state index in [2.05, 4.69) is 20.6 Å². The van der Waals surface area contributed by atoms with Gasteiger partial charge in [0.15, 0.2) is 11.6 Å². The zero-order valence-electron chi connectivity index (χ0n) is 21.9. The molecule has 1 fully saturated rings. The highest BCUT2D eigenvalue weighted by Crippen LogP contribution is 2.44. The molecule has 5 heterocycles. The van der Waals surface area contributed by atoms with Crippen molar-refractivity contribution in [2.75, 3.05) is 38.7 Å². The molecular formula is C29H32FN5O4. The number of aromatic amines is 1. The summed E-state index contributed by atoms with van der Waals surface area (Å²) in [4.78, 5) is 36.1. The lowest BCUT2D eigenvalue weighted by Crippen LogP contribution is -2.41. The SMILES string of the molecule is COc1c(F)cccc1Nc1c2[nH]c3c1C(=O)NCC3CCCC(=O)N1CCCC(COc3cnccc3-2)C1. The van der Waals surface area contributed by atoms with Crippen molar-refractivity contribution in [3.8, 4) is 22.8 Å². The Kier molecular flexibility index (Phi) is 6.85. The Bertz CT molecular complexity index is 1410. The van der Waals surface area contributed by atoms with E-state index in [0.29, 0.717) is 60.9 Å². The van der Waals surface area contributed by atoms with Crippen LogP contribution in [0.2, 0.25) is 0 Å². The predicted molar refractivity (Wildman–Crippen MR) is 144 cm³/mol. The highest BCUT2D eigenvalue weighted by molar-refractivity contribution is 6.07. The van der Waals surface area contributed by atoms with Crippen LogP contribution in [-0.4, -0.2) is 60.0 Å². The fourth-order valence-corrected chi connectivity index (χ4v) is 5.99. The summed E-state index contributed by atoms with van der Waals surface area (Å²) in [7, 11) is 1.41. The molecule has 204 valence electrons. The van der Waals surface area contributed by atoms with Gasteiger partial charge in [0.05, 0.1) is 42.5 Å². The highest BCUT2D eigenvalue weighted by atomic mass is 19.1. The van der Waals surface area contributed by atoms with E-state index in [1.165, 1.54) is 13.2 Å². The molecule has 3 N–H and O–H groups in total. The standard InChI is InChI=1S/C29H32FN5O4/c1-38-28-20(30)7-3-8-21(28)33-27-24-25-18(13-32-29(24)37)6-2-9-23(36)35-12-4-5-17(15-35)16-39-22-14-31-11-10-19(22)26(27)34-25/h3,7-8,10-11,14,17-18,33-34H,2,4-6,9,12-13,15-16H2,1H3,(H,32,37). The molecule has 0 radical (unpaired) electrons. The summed E-state index contributed by atoms with van der Waals surface area (Å²) in [6.45, 7) is 2.40. The molecule has 3 aliphatic heterocycles. The number of para-hydroxylation sites is 1. The maximum absolute atomic E-state index is 14.6. The van der Waals surface area contributed by atoms with Crippen LogP contribution in [0.1, 0.15) is 54.1 Å². The van der Waals surface area contributed by atoms with Gasteiger partial charge >= 0.3 is 0 Å². The maximum Gasteiger partial charge on any atom is 0.255 e. The number of hydrogen-bond acceptors (Lipinski definition) is 6. The topological polar surface area (TPSA) is 109 Å². The van der Waals surface area contributed by atoms with Crippen LogP contribution in [0.3, 0.4) is 0 Å². The molecule has 1 aromatic carbocycles. The van der Waals surface area contributed by atoms with Gasteiger partial charge in [0.1, 0.15) is 5.75 Å². The summed E-state index contributed by atoms with van der Waals surface area (Å²) in [6, 6.07) is 6.47. The lowest BCUT2D eigenvalue weighted by molar-refractivity contribution is -0.133. The number of hydrogen-bond donors (Lipinski definition) is 3. The highest BCUT2D eigenvalue weighted by Gasteiger charge is 2.34. The quantitative estimate of drug-likeness (QED) is 0.454. The second kappa shape index (κ2) is 10.6. The van der Waals surface area contributed by atoms with Crippen molar-refractivity contribution in [3.05, 3.63) is 53.7 Å². The number of methoxy groups -OCH3 is 1. The lowest BCUT2D eigenvalue weighted by atomic mass is 9.91. The molecule has 0 spiro atoms. The van der Waals surface area contributed by atoms with Gasteiger partial charge in [0, 0.05) is 55.3 Å². The summed E-state index contributed by atoms with van der Waals surface area (Å²) < 4.78 is 26.3. The normalized spacial score (nSPS) is 21.1. The van der Waals surface area contributed by atoms with Gasteiger partial charge in [-0.1, -0.05) is 6.07 Å². The largest absolute Gasteiger partial charge is 0.492 e. The Labute approximate surface area is 226 Å². The first-order valence-electron chi connectivity index (χ1n) is 13.5. The number of ether oxygens (including phenoxy) is 2. The number of piperidine rings is 1. The molecule has 0 saturated carbocycles. The number of pyridine rings is 1. The van der Waals surface area contributed by atoms with Gasteiger partial charge in [-0.3, -0.25) is 14.6 Å². The third-order valence-corrected chi connectivity index (χ3v) is 7.95. The van der Waals surface area contributed by atoms with Gasteiger partial charge in [-0.25, -0.2) is 4.39 Å². The summed E-state index contributed by atoms with van der Waals surface area (Å²) in [6.07, 6.45) is 7.22. The van der Waals surface area contributed by atoms with Crippen molar-refractivity contribution in [1.82, 2.24) is 20.2 Å². The number of carbonyl (C=O) groups is 2. The molecule has 2 aromatic heterocycles. The third kappa shape index (κ3) is 4.79. The first-order chi connectivity index (χ1) is 19.0. The first kappa shape index (κ1) is 25.2. The minimum Gasteiger partial charge on any atom is -0.492 e. The van der Waals surface area contributed by atoms with Crippen molar-refractivity contribution >= 4 is 23.2 Å². The molecule has 4 bridgehead atoms. The molecule has 2 unspecified atom stereocenters. The number of H-pyrrole nitrogens is 1. The van der Waals surface area contributed by atoms with Gasteiger partial charge in [-0.2, -0.15) is 0 Å². The molecule has 2 atom stereocenters. The van der Waals surface area contributed by atoms with Gasteiger partial charge in [-0.15, -0.1) is 0 Å². The van der Waals surface area contributed by atoms with Gasteiger partial charge in [0.2, 0.25) is 5.91 Å². The fraction of sp³-hybridized carbons (Fsp3) is 0.414. The molecule has 0 aliphatic carbocycles. The van der Waals surface area contributed by atoms with Crippen molar-refractivity contribution < 1.29 is 23.5 Å². The zero-order chi connectivity index (χ0) is 26.9. The zero-order valence-corrected chi connectivity index (χ0v) is 21.9. The molecule has 39 heavy (non-hydrogen) atoms. The maximum atomic E-state index is 14.6. The van der Waals surface area contributed by atoms with Crippen molar-refractivity contribution in [2.45, 2.75) is 38.0 Å². The number of fused-ring (bicyclic) bond motifs is 5. The Hall–Kier alpha value is -4.08. The predicted octanol–water partition coefficient (Wildman–Crippen LogP) is 4.60. The van der Waals surface area contributed by atoms with Crippen molar-refractivity contribution in [1.29, 1.82) is 0 Å². The van der Waals surface area contributed by atoms with E-state index in [1.54, 1.807) is 24.5 Å². The van der Waals surface area contributed by atoms with Gasteiger partial charge in [-0.05, 0) is 43.9 Å². The second-order valence-electron chi connectivity index (χ2n) is 10.4. The van der Waals surface area contributed by atoms with Crippen LogP contribution in [0.25, 0.3) is 11.3 Å². The number of aromatic nitrogens is 2. The van der Waals surface area contributed by atoms with E-state index >= 15 is 0 Å². The molecular weight excluding hydrogens is 501 g/mol. The number of rotatable bonds is 3. The fourth-order valence-electron chi connectivity index (χ4n) is 5.99. The Morgan fingerprint density at radius 1 is 1.21 bits per heavy atom. The number of carbonyl (C=O) groups excluding carboxylic acids is 2. The monoisotopic (exact) mass is 533 g/mol. The van der Waals surface area contributed by atoms with E-state index in [-0.39, 0.29) is 29.4 Å². The second-order valence-corrected chi connectivity index (χ2v) is 10.4. The van der Waals surface area contributed by atoms with Crippen molar-refractivity contribution in [3.63, 3.8) is 0 Å². The number of amides is 2. The van der Waals surface area contributed by atoms with Gasteiger partial charge < -0.3 is 30.0 Å². The molecule has 3 aliphatic rings. The smallest absolute Gasteiger partial charge is 0.255 e. The number of halogens is 1. The summed E-state index contributed by atoms with van der Waals surface area (Å²) >= 11 is 0. The van der Waals surface area contributed by atoms with Crippen LogP contribution in [-0.2, 0) is 4.79 Å². The van der Waals surface area contributed by atoms with E-state index in [1.807, 2.05) is 11.0 Å². The number of nitrogens with one attached hydrogen (secondary N) is 3. The Morgan fingerprint density at radius 2 is 2.10 bits per heavy atom. The number of nitrogens with zero attached hydrogens (tertiary/aromatic N) is 2. The number of benzene rings is 1. The lowest BCUT2D eigenvalue weighted by Gasteiger charge is -2.33. The average molecular weight is 534 g/mol. The van der Waals surface area contributed by atoms with Crippen LogP contribution in [0, 0.1) is 11.7 Å². The Morgan fingerprint density at radius 3 is 2.97 bits per heavy atom. The van der Waals surface area contributed by atoms with E-state index in [0.717, 1.165) is 37.1 Å². The van der Waals surface area contributed by atoms with E-state index < -0.39 is 5.82 Å². The van der Waals surface area contributed by atoms with E-state index in [9.17, 15) is 14.0 Å².